The second kappa shape index (κ2) is 20.7. The fourth-order valence-electron chi connectivity index (χ4n) is 2.52. The Hall–Kier alpha value is -1.63. The van der Waals surface area contributed by atoms with Crippen molar-refractivity contribution in [2.45, 2.75) is 109 Å². The molecule has 0 aliphatic heterocycles. The molecule has 0 spiro atoms. The van der Waals surface area contributed by atoms with E-state index in [4.69, 9.17) is 21.1 Å². The summed E-state index contributed by atoms with van der Waals surface area (Å²) in [6, 6.07) is -1.06. The summed E-state index contributed by atoms with van der Waals surface area (Å²) in [5.41, 5.74) is 5.00. The van der Waals surface area contributed by atoms with E-state index < -0.39 is 23.9 Å². The Kier molecular flexibility index (Phi) is 21.1. The number of carboxylic acid groups (broad SMARTS) is 3. The van der Waals surface area contributed by atoms with Crippen molar-refractivity contribution in [2.24, 2.45) is 5.73 Å². The Balaban J connectivity index is 0. The minimum absolute atomic E-state index is 0.0231. The molecule has 0 aromatic carbocycles. The molecule has 0 radical (unpaired) electrons. The molecular weight excluding hydrogens is 350 g/mol. The maximum atomic E-state index is 10.3. The molecule has 0 rings (SSSR count). The van der Waals surface area contributed by atoms with Crippen LogP contribution < -0.4 is 5.73 Å². The first-order chi connectivity index (χ1) is 12.8. The average molecular weight is 390 g/mol. The summed E-state index contributed by atoms with van der Waals surface area (Å²) in [5.74, 6) is -2.85. The summed E-state index contributed by atoms with van der Waals surface area (Å²) in [6.45, 7) is 2.25. The maximum absolute atomic E-state index is 10.3. The van der Waals surface area contributed by atoms with Crippen LogP contribution in [0.15, 0.2) is 0 Å². The van der Waals surface area contributed by atoms with Crippen LogP contribution in [0.2, 0.25) is 0 Å². The molecule has 1 atom stereocenters. The molecule has 0 aromatic rings. The lowest BCUT2D eigenvalue weighted by molar-refractivity contribution is -0.140. The number of hydrogen-bond donors (Lipinski definition) is 4. The van der Waals surface area contributed by atoms with Gasteiger partial charge in [0, 0.05) is 12.8 Å². The van der Waals surface area contributed by atoms with Gasteiger partial charge in [-0.05, 0) is 12.8 Å². The lowest BCUT2D eigenvalue weighted by atomic mass is 10.0. The largest absolute Gasteiger partial charge is 0.481 e. The Morgan fingerprint density at radius 2 is 1.04 bits per heavy atom. The number of hydrogen-bond acceptors (Lipinski definition) is 4. The van der Waals surface area contributed by atoms with Crippen molar-refractivity contribution in [2.75, 3.05) is 0 Å². The van der Waals surface area contributed by atoms with Gasteiger partial charge < -0.3 is 21.1 Å². The van der Waals surface area contributed by atoms with E-state index in [1.54, 1.807) is 0 Å². The molecule has 0 aliphatic rings. The molecule has 0 unspecified atom stereocenters. The molecule has 160 valence electrons. The van der Waals surface area contributed by atoms with Crippen LogP contribution in [0, 0.1) is 0 Å². The predicted octanol–water partition coefficient (Wildman–Crippen LogP) is 4.43. The highest BCUT2D eigenvalue weighted by atomic mass is 16.4. The number of aliphatic carboxylic acids is 3. The number of nitrogens with two attached hydrogens (primary N) is 1. The third kappa shape index (κ3) is 26.7. The summed E-state index contributed by atoms with van der Waals surface area (Å²) in [4.78, 5) is 30.2. The van der Waals surface area contributed by atoms with E-state index >= 15 is 0 Å². The number of carboxylic acids is 3. The normalized spacial score (nSPS) is 11.3. The molecular formula is C20H39NO6. The van der Waals surface area contributed by atoms with Crippen LogP contribution in [0.3, 0.4) is 0 Å². The van der Waals surface area contributed by atoms with Gasteiger partial charge in [-0.15, -0.1) is 0 Å². The molecule has 7 heteroatoms. The molecule has 7 nitrogen and oxygen atoms in total. The Labute approximate surface area is 163 Å². The molecule has 0 fully saturated rings. The summed E-state index contributed by atoms with van der Waals surface area (Å²) < 4.78 is 0. The van der Waals surface area contributed by atoms with Crippen LogP contribution in [0.1, 0.15) is 103 Å². The van der Waals surface area contributed by atoms with Gasteiger partial charge in [-0.2, -0.15) is 0 Å². The van der Waals surface area contributed by atoms with Gasteiger partial charge in [0.1, 0.15) is 6.04 Å². The monoisotopic (exact) mass is 389 g/mol. The van der Waals surface area contributed by atoms with Crippen LogP contribution >= 0.6 is 0 Å². The average Bonchev–Trinajstić information content (AvgIpc) is 2.60. The van der Waals surface area contributed by atoms with Crippen molar-refractivity contribution >= 4 is 17.9 Å². The van der Waals surface area contributed by atoms with E-state index in [1.165, 1.54) is 64.2 Å². The zero-order chi connectivity index (χ0) is 20.9. The summed E-state index contributed by atoms with van der Waals surface area (Å²) in [5, 5.41) is 24.7. The molecule has 0 saturated carbocycles. The van der Waals surface area contributed by atoms with Crippen molar-refractivity contribution in [1.29, 1.82) is 0 Å². The van der Waals surface area contributed by atoms with Crippen molar-refractivity contribution in [3.05, 3.63) is 0 Å². The van der Waals surface area contributed by atoms with Crippen molar-refractivity contribution in [1.82, 2.24) is 0 Å². The fourth-order valence-corrected chi connectivity index (χ4v) is 2.52. The molecule has 0 aromatic heterocycles. The molecule has 27 heavy (non-hydrogen) atoms. The summed E-state index contributed by atoms with van der Waals surface area (Å²) in [7, 11) is 0. The van der Waals surface area contributed by atoms with Gasteiger partial charge in [-0.25, -0.2) is 0 Å². The van der Waals surface area contributed by atoms with E-state index in [-0.39, 0.29) is 12.8 Å². The zero-order valence-electron chi connectivity index (χ0n) is 16.8. The highest BCUT2D eigenvalue weighted by Gasteiger charge is 2.12. The minimum atomic E-state index is -1.17. The lowest BCUT2D eigenvalue weighted by Gasteiger charge is -2.02. The Bertz CT molecular complexity index is 387. The molecule has 5 N–H and O–H groups in total. The number of unbranched alkanes of at least 4 members (excludes halogenated alkanes) is 11. The van der Waals surface area contributed by atoms with Gasteiger partial charge in [0.2, 0.25) is 0 Å². The van der Waals surface area contributed by atoms with E-state index in [0.29, 0.717) is 6.42 Å². The standard InChI is InChI=1S/C15H30O2.C5H9NO4/c1-2-3-4-5-6-7-8-9-10-11-12-13-14-15(16)17;6-3(5(9)10)1-2-4(7)8/h2-14H2,1H3,(H,16,17);3H,1-2,6H2,(H,7,8)(H,9,10)/t;3-/m.0/s1. The van der Waals surface area contributed by atoms with Crippen molar-refractivity contribution < 1.29 is 29.7 Å². The molecule has 0 amide bonds. The minimum Gasteiger partial charge on any atom is -0.481 e. The van der Waals surface area contributed by atoms with Crippen molar-refractivity contribution in [3.8, 4) is 0 Å². The smallest absolute Gasteiger partial charge is 0.320 e. The van der Waals surface area contributed by atoms with Gasteiger partial charge >= 0.3 is 17.9 Å². The van der Waals surface area contributed by atoms with Crippen LogP contribution in [0.5, 0.6) is 0 Å². The molecule has 0 heterocycles. The first-order valence-corrected chi connectivity index (χ1v) is 10.2. The first kappa shape index (κ1) is 27.6. The third-order valence-electron chi connectivity index (χ3n) is 4.23. The van der Waals surface area contributed by atoms with Crippen LogP contribution in [0.4, 0.5) is 0 Å². The zero-order valence-corrected chi connectivity index (χ0v) is 16.8. The quantitative estimate of drug-likeness (QED) is 0.270. The van der Waals surface area contributed by atoms with E-state index in [0.717, 1.165) is 12.8 Å². The van der Waals surface area contributed by atoms with E-state index in [1.807, 2.05) is 0 Å². The number of carbonyl (C=O) groups is 3. The van der Waals surface area contributed by atoms with Crippen LogP contribution in [-0.4, -0.2) is 39.3 Å². The predicted molar refractivity (Wildman–Crippen MR) is 106 cm³/mol. The summed E-state index contributed by atoms with van der Waals surface area (Å²) in [6.07, 6.45) is 15.6. The van der Waals surface area contributed by atoms with Crippen molar-refractivity contribution in [3.63, 3.8) is 0 Å². The second-order valence-corrected chi connectivity index (χ2v) is 6.91. The van der Waals surface area contributed by atoms with Gasteiger partial charge in [0.25, 0.3) is 0 Å². The van der Waals surface area contributed by atoms with Crippen LogP contribution in [0.25, 0.3) is 0 Å². The Morgan fingerprint density at radius 3 is 1.37 bits per heavy atom. The van der Waals surface area contributed by atoms with E-state index in [9.17, 15) is 14.4 Å². The fraction of sp³-hybridized carbons (Fsp3) is 0.850. The highest BCUT2D eigenvalue weighted by Crippen LogP contribution is 2.12. The SMILES string of the molecule is CCCCCCCCCCCCCCC(=O)O.N[C@@H](CCC(=O)O)C(=O)O. The lowest BCUT2D eigenvalue weighted by Crippen LogP contribution is -2.30. The number of rotatable bonds is 17. The summed E-state index contributed by atoms with van der Waals surface area (Å²) >= 11 is 0. The van der Waals surface area contributed by atoms with Gasteiger partial charge in [-0.1, -0.05) is 77.6 Å². The van der Waals surface area contributed by atoms with Crippen LogP contribution in [-0.2, 0) is 14.4 Å². The maximum Gasteiger partial charge on any atom is 0.320 e. The Morgan fingerprint density at radius 1 is 0.667 bits per heavy atom. The topological polar surface area (TPSA) is 138 Å². The highest BCUT2D eigenvalue weighted by molar-refractivity contribution is 5.74. The second-order valence-electron chi connectivity index (χ2n) is 6.91. The van der Waals surface area contributed by atoms with Gasteiger partial charge in [0.05, 0.1) is 0 Å². The molecule has 0 aliphatic carbocycles. The molecule has 0 saturated heterocycles. The molecule has 0 bridgehead atoms. The van der Waals surface area contributed by atoms with Gasteiger partial charge in [-0.3, -0.25) is 14.4 Å². The first-order valence-electron chi connectivity index (χ1n) is 10.2. The van der Waals surface area contributed by atoms with Gasteiger partial charge in [0.15, 0.2) is 0 Å². The third-order valence-corrected chi connectivity index (χ3v) is 4.23. The van der Waals surface area contributed by atoms with E-state index in [2.05, 4.69) is 6.92 Å².